The average Bonchev–Trinajstić information content (AvgIpc) is 3.21. The van der Waals surface area contributed by atoms with Crippen molar-refractivity contribution in [1.29, 1.82) is 0 Å². The van der Waals surface area contributed by atoms with Crippen LogP contribution in [-0.2, 0) is 17.8 Å². The van der Waals surface area contributed by atoms with Gasteiger partial charge < -0.3 is 14.3 Å². The fraction of sp³-hybridized carbons (Fsp3) is 0.571. The zero-order chi connectivity index (χ0) is 16.7. The molecule has 3 nitrogen and oxygen atoms in total. The van der Waals surface area contributed by atoms with Crippen LogP contribution in [0.25, 0.3) is 10.9 Å². The van der Waals surface area contributed by atoms with Crippen LogP contribution in [0.4, 0.5) is 0 Å². The molecule has 1 fully saturated rings. The number of likely N-dealkylation sites (tertiary alicyclic amines) is 1. The highest BCUT2D eigenvalue weighted by Gasteiger charge is 2.38. The number of para-hydroxylation sites is 1. The van der Waals surface area contributed by atoms with Crippen LogP contribution in [0.1, 0.15) is 43.9 Å². The molecule has 0 N–H and O–H groups in total. The summed E-state index contributed by atoms with van der Waals surface area (Å²) in [6.45, 7) is 9.03. The molecule has 3 heteroatoms. The van der Waals surface area contributed by atoms with E-state index in [9.17, 15) is 4.79 Å². The first-order valence-electron chi connectivity index (χ1n) is 9.52. The molecule has 1 aliphatic heterocycles. The lowest BCUT2D eigenvalue weighted by Crippen LogP contribution is -2.38. The molecule has 0 bridgehead atoms. The second-order valence-corrected chi connectivity index (χ2v) is 7.64. The topological polar surface area (TPSA) is 25.2 Å². The Bertz CT molecular complexity index is 742. The van der Waals surface area contributed by atoms with Gasteiger partial charge in [-0.1, -0.05) is 25.1 Å². The summed E-state index contributed by atoms with van der Waals surface area (Å²) in [5.41, 5.74) is 4.02. The molecule has 128 valence electrons. The maximum atomic E-state index is 12.2. The lowest BCUT2D eigenvalue weighted by Gasteiger charge is -2.37. The highest BCUT2D eigenvalue weighted by molar-refractivity contribution is 5.89. The second kappa shape index (κ2) is 6.36. The number of benzene rings is 1. The standard InChI is InChI=1S/C21H28N2O/c1-3-23-19-9-5-4-8-16(19)21-18(14-24)17(15(2)12-20(21)23)13-22-10-6-7-11-22/h4-5,8-9,14-15,17-18H,3,6-7,10-13H2,1-2H3. The summed E-state index contributed by atoms with van der Waals surface area (Å²) in [6, 6.07) is 8.64. The molecular weight excluding hydrogens is 296 g/mol. The number of rotatable bonds is 4. The van der Waals surface area contributed by atoms with Gasteiger partial charge in [-0.3, -0.25) is 0 Å². The quantitative estimate of drug-likeness (QED) is 0.798. The molecule has 3 atom stereocenters. The third-order valence-corrected chi connectivity index (χ3v) is 6.29. The Balaban J connectivity index is 1.80. The number of aryl methyl sites for hydroxylation is 1. The molecule has 2 aliphatic rings. The third kappa shape index (κ3) is 2.41. The van der Waals surface area contributed by atoms with E-state index in [1.54, 1.807) is 0 Å². The number of hydrogen-bond acceptors (Lipinski definition) is 2. The van der Waals surface area contributed by atoms with Crippen LogP contribution < -0.4 is 0 Å². The van der Waals surface area contributed by atoms with Gasteiger partial charge in [0, 0.05) is 35.6 Å². The summed E-state index contributed by atoms with van der Waals surface area (Å²) in [5, 5.41) is 1.30. The van der Waals surface area contributed by atoms with Gasteiger partial charge in [-0.15, -0.1) is 0 Å². The van der Waals surface area contributed by atoms with Crippen molar-refractivity contribution in [3.8, 4) is 0 Å². The van der Waals surface area contributed by atoms with E-state index in [-0.39, 0.29) is 5.92 Å². The minimum Gasteiger partial charge on any atom is -0.345 e. The fourth-order valence-corrected chi connectivity index (χ4v) is 5.09. The Hall–Kier alpha value is -1.61. The maximum Gasteiger partial charge on any atom is 0.127 e. The van der Waals surface area contributed by atoms with Crippen molar-refractivity contribution < 1.29 is 4.79 Å². The molecule has 3 unspecified atom stereocenters. The summed E-state index contributed by atoms with van der Waals surface area (Å²) < 4.78 is 2.43. The molecule has 2 aromatic rings. The van der Waals surface area contributed by atoms with Gasteiger partial charge in [0.05, 0.1) is 0 Å². The van der Waals surface area contributed by atoms with Crippen molar-refractivity contribution >= 4 is 17.2 Å². The fourth-order valence-electron chi connectivity index (χ4n) is 5.09. The van der Waals surface area contributed by atoms with Gasteiger partial charge in [0.1, 0.15) is 6.29 Å². The van der Waals surface area contributed by atoms with E-state index in [1.807, 2.05) is 0 Å². The molecule has 0 spiro atoms. The van der Waals surface area contributed by atoms with Gasteiger partial charge in [0.25, 0.3) is 0 Å². The molecule has 1 aromatic carbocycles. The number of hydrogen-bond donors (Lipinski definition) is 0. The first kappa shape index (κ1) is 15.9. The zero-order valence-corrected chi connectivity index (χ0v) is 14.9. The van der Waals surface area contributed by atoms with E-state index in [2.05, 4.69) is 47.6 Å². The minimum atomic E-state index is 0.0436. The summed E-state index contributed by atoms with van der Waals surface area (Å²) in [7, 11) is 0. The minimum absolute atomic E-state index is 0.0436. The van der Waals surface area contributed by atoms with E-state index in [1.165, 1.54) is 54.4 Å². The Kier molecular flexibility index (Phi) is 4.21. The van der Waals surface area contributed by atoms with Crippen molar-refractivity contribution in [2.45, 2.75) is 45.6 Å². The van der Waals surface area contributed by atoms with Crippen LogP contribution in [-0.4, -0.2) is 35.4 Å². The van der Waals surface area contributed by atoms with Gasteiger partial charge in [0.2, 0.25) is 0 Å². The summed E-state index contributed by atoms with van der Waals surface area (Å²) in [5.74, 6) is 1.05. The van der Waals surface area contributed by atoms with Crippen LogP contribution in [0, 0.1) is 11.8 Å². The van der Waals surface area contributed by atoms with Gasteiger partial charge >= 0.3 is 0 Å². The van der Waals surface area contributed by atoms with Crippen LogP contribution in [0.5, 0.6) is 0 Å². The Morgan fingerprint density at radius 3 is 2.67 bits per heavy atom. The van der Waals surface area contributed by atoms with E-state index < -0.39 is 0 Å². The van der Waals surface area contributed by atoms with Crippen LogP contribution >= 0.6 is 0 Å². The monoisotopic (exact) mass is 324 g/mol. The van der Waals surface area contributed by atoms with Crippen molar-refractivity contribution in [3.05, 3.63) is 35.5 Å². The zero-order valence-electron chi connectivity index (χ0n) is 14.9. The van der Waals surface area contributed by atoms with Crippen LogP contribution in [0.3, 0.4) is 0 Å². The normalized spacial score (nSPS) is 27.5. The average molecular weight is 324 g/mol. The molecular formula is C21H28N2O. The molecule has 2 heterocycles. The number of carbonyl (C=O) groups is 1. The second-order valence-electron chi connectivity index (χ2n) is 7.64. The van der Waals surface area contributed by atoms with Crippen molar-refractivity contribution in [2.24, 2.45) is 11.8 Å². The number of carbonyl (C=O) groups excluding carboxylic acids is 1. The Morgan fingerprint density at radius 2 is 1.96 bits per heavy atom. The number of aromatic nitrogens is 1. The van der Waals surface area contributed by atoms with Crippen LogP contribution in [0.15, 0.2) is 24.3 Å². The summed E-state index contributed by atoms with van der Waals surface area (Å²) in [6.07, 6.45) is 4.96. The molecule has 4 rings (SSSR count). The predicted molar refractivity (Wildman–Crippen MR) is 98.4 cm³/mol. The molecule has 0 amide bonds. The van der Waals surface area contributed by atoms with Gasteiger partial charge in [-0.05, 0) is 62.7 Å². The first-order chi connectivity index (χ1) is 11.7. The molecule has 0 radical (unpaired) electrons. The Labute approximate surface area is 144 Å². The van der Waals surface area contributed by atoms with E-state index in [4.69, 9.17) is 0 Å². The molecule has 0 saturated carbocycles. The first-order valence-corrected chi connectivity index (χ1v) is 9.52. The lowest BCUT2D eigenvalue weighted by molar-refractivity contribution is -0.111. The SMILES string of the molecule is CCn1c2c(c3ccccc31)C(C=O)C(CN1CCCC1)C(C)C2. The number of nitrogens with zero attached hydrogens (tertiary/aromatic N) is 2. The number of aldehydes is 1. The maximum absolute atomic E-state index is 12.2. The largest absolute Gasteiger partial charge is 0.345 e. The third-order valence-electron chi connectivity index (χ3n) is 6.29. The van der Waals surface area contributed by atoms with Crippen molar-refractivity contribution in [3.63, 3.8) is 0 Å². The van der Waals surface area contributed by atoms with Crippen molar-refractivity contribution in [2.75, 3.05) is 19.6 Å². The van der Waals surface area contributed by atoms with Crippen molar-refractivity contribution in [1.82, 2.24) is 9.47 Å². The predicted octanol–water partition coefficient (Wildman–Crippen LogP) is 3.85. The lowest BCUT2D eigenvalue weighted by atomic mass is 9.71. The van der Waals surface area contributed by atoms with E-state index in [0.717, 1.165) is 19.5 Å². The van der Waals surface area contributed by atoms with Gasteiger partial charge in [0.15, 0.2) is 0 Å². The van der Waals surface area contributed by atoms with E-state index >= 15 is 0 Å². The molecule has 24 heavy (non-hydrogen) atoms. The highest BCUT2D eigenvalue weighted by atomic mass is 16.1. The summed E-state index contributed by atoms with van der Waals surface area (Å²) >= 11 is 0. The molecule has 1 saturated heterocycles. The smallest absolute Gasteiger partial charge is 0.127 e. The van der Waals surface area contributed by atoms with Gasteiger partial charge in [-0.2, -0.15) is 0 Å². The molecule has 1 aliphatic carbocycles. The van der Waals surface area contributed by atoms with Gasteiger partial charge in [-0.25, -0.2) is 0 Å². The number of fused-ring (bicyclic) bond motifs is 3. The Morgan fingerprint density at radius 1 is 1.21 bits per heavy atom. The highest BCUT2D eigenvalue weighted by Crippen LogP contribution is 2.44. The van der Waals surface area contributed by atoms with E-state index in [0.29, 0.717) is 11.8 Å². The van der Waals surface area contributed by atoms with Crippen LogP contribution in [0.2, 0.25) is 0 Å². The molecule has 1 aromatic heterocycles. The summed E-state index contributed by atoms with van der Waals surface area (Å²) in [4.78, 5) is 14.7.